The van der Waals surface area contributed by atoms with Gasteiger partial charge in [-0.3, -0.25) is 9.82 Å². The van der Waals surface area contributed by atoms with Crippen LogP contribution in [0.5, 0.6) is 0 Å². The van der Waals surface area contributed by atoms with Crippen molar-refractivity contribution >= 4 is 21.7 Å². The highest BCUT2D eigenvalue weighted by Crippen LogP contribution is 2.30. The highest BCUT2D eigenvalue weighted by atomic mass is 32.2. The molecule has 0 aliphatic heterocycles. The molecule has 0 aliphatic rings. The van der Waals surface area contributed by atoms with Crippen molar-refractivity contribution in [3.8, 4) is 0 Å². The number of aromatic nitrogens is 2. The van der Waals surface area contributed by atoms with E-state index in [0.29, 0.717) is 6.42 Å². The zero-order chi connectivity index (χ0) is 18.8. The molecular formula is C14H14F3N3O4S. The Kier molecular flexibility index (Phi) is 5.07. The SMILES string of the molecule is CCc1[nH]nc(S(=O)(=O)Nc2ccc(C(F)(F)F)cc2)c1C(=O)OC. The van der Waals surface area contributed by atoms with Gasteiger partial charge in [-0.25, -0.2) is 4.79 Å². The number of ether oxygens (including phenoxy) is 1. The van der Waals surface area contributed by atoms with Gasteiger partial charge in [0, 0.05) is 5.69 Å². The normalized spacial score (nSPS) is 12.0. The van der Waals surface area contributed by atoms with Crippen molar-refractivity contribution < 1.29 is 31.1 Å². The van der Waals surface area contributed by atoms with Crippen LogP contribution in [0.4, 0.5) is 18.9 Å². The van der Waals surface area contributed by atoms with Crippen LogP contribution in [-0.4, -0.2) is 31.7 Å². The second-order valence-corrected chi connectivity index (χ2v) is 6.51. The van der Waals surface area contributed by atoms with Gasteiger partial charge in [-0.1, -0.05) is 6.92 Å². The van der Waals surface area contributed by atoms with Gasteiger partial charge < -0.3 is 4.74 Å². The maximum Gasteiger partial charge on any atom is 0.416 e. The van der Waals surface area contributed by atoms with Gasteiger partial charge in [0.05, 0.1) is 18.4 Å². The fourth-order valence-corrected chi connectivity index (χ4v) is 3.24. The number of anilines is 1. The molecule has 1 heterocycles. The quantitative estimate of drug-likeness (QED) is 0.780. The lowest BCUT2D eigenvalue weighted by molar-refractivity contribution is -0.137. The van der Waals surface area contributed by atoms with Gasteiger partial charge in [0.2, 0.25) is 5.03 Å². The number of carbonyl (C=O) groups excluding carboxylic acids is 1. The maximum absolute atomic E-state index is 12.5. The lowest BCUT2D eigenvalue weighted by Crippen LogP contribution is -2.18. The molecule has 0 saturated heterocycles. The van der Waals surface area contributed by atoms with E-state index in [4.69, 9.17) is 0 Å². The maximum atomic E-state index is 12.5. The molecule has 0 aliphatic carbocycles. The van der Waals surface area contributed by atoms with E-state index in [2.05, 4.69) is 19.7 Å². The van der Waals surface area contributed by atoms with Crippen LogP contribution < -0.4 is 4.72 Å². The molecule has 136 valence electrons. The molecule has 2 rings (SSSR count). The number of halogens is 3. The first-order valence-corrected chi connectivity index (χ1v) is 8.44. The molecule has 0 radical (unpaired) electrons. The number of aromatic amines is 1. The molecular weight excluding hydrogens is 363 g/mol. The van der Waals surface area contributed by atoms with E-state index in [9.17, 15) is 26.4 Å². The number of esters is 1. The van der Waals surface area contributed by atoms with Crippen molar-refractivity contribution in [2.75, 3.05) is 11.8 Å². The Morgan fingerprint density at radius 1 is 1.28 bits per heavy atom. The monoisotopic (exact) mass is 377 g/mol. The fourth-order valence-electron chi connectivity index (χ4n) is 2.05. The van der Waals surface area contributed by atoms with E-state index in [0.717, 1.165) is 31.4 Å². The Morgan fingerprint density at radius 3 is 2.36 bits per heavy atom. The van der Waals surface area contributed by atoms with E-state index in [-0.39, 0.29) is 16.9 Å². The van der Waals surface area contributed by atoms with Crippen molar-refractivity contribution in [3.63, 3.8) is 0 Å². The number of rotatable bonds is 5. The number of alkyl halides is 3. The lowest BCUT2D eigenvalue weighted by Gasteiger charge is -2.10. The predicted molar refractivity (Wildman–Crippen MR) is 81.6 cm³/mol. The van der Waals surface area contributed by atoms with Crippen molar-refractivity contribution in [2.24, 2.45) is 0 Å². The third-order valence-electron chi connectivity index (χ3n) is 3.27. The van der Waals surface area contributed by atoms with Crippen molar-refractivity contribution in [1.29, 1.82) is 0 Å². The van der Waals surface area contributed by atoms with Gasteiger partial charge in [-0.15, -0.1) is 0 Å². The number of nitrogens with one attached hydrogen (secondary N) is 2. The number of hydrogen-bond acceptors (Lipinski definition) is 5. The van der Waals surface area contributed by atoms with E-state index in [1.807, 2.05) is 0 Å². The largest absolute Gasteiger partial charge is 0.465 e. The second-order valence-electron chi connectivity index (χ2n) is 4.91. The van der Waals surface area contributed by atoms with E-state index >= 15 is 0 Å². The zero-order valence-electron chi connectivity index (χ0n) is 13.1. The minimum absolute atomic E-state index is 0.107. The van der Waals surface area contributed by atoms with Crippen LogP contribution >= 0.6 is 0 Å². The summed E-state index contributed by atoms with van der Waals surface area (Å²) in [7, 11) is -3.22. The molecule has 2 N–H and O–H groups in total. The summed E-state index contributed by atoms with van der Waals surface area (Å²) in [6.45, 7) is 1.68. The van der Waals surface area contributed by atoms with Crippen LogP contribution in [0.15, 0.2) is 29.3 Å². The molecule has 0 unspecified atom stereocenters. The first kappa shape index (κ1) is 18.8. The van der Waals surface area contributed by atoms with Crippen molar-refractivity contribution in [1.82, 2.24) is 10.2 Å². The van der Waals surface area contributed by atoms with Gasteiger partial charge >= 0.3 is 12.1 Å². The van der Waals surface area contributed by atoms with Crippen LogP contribution in [0, 0.1) is 0 Å². The third kappa shape index (κ3) is 3.92. The van der Waals surface area contributed by atoms with Crippen molar-refractivity contribution in [2.45, 2.75) is 24.5 Å². The molecule has 0 fully saturated rings. The number of benzene rings is 1. The fraction of sp³-hybridized carbons (Fsp3) is 0.286. The molecule has 0 saturated carbocycles. The molecule has 0 bridgehead atoms. The number of H-pyrrole nitrogens is 1. The van der Waals surface area contributed by atoms with Crippen LogP contribution in [0.25, 0.3) is 0 Å². The summed E-state index contributed by atoms with van der Waals surface area (Å²) in [5.41, 5.74) is -1.01. The molecule has 11 heteroatoms. The smallest absolute Gasteiger partial charge is 0.416 e. The number of hydrogen-bond donors (Lipinski definition) is 2. The van der Waals surface area contributed by atoms with Gasteiger partial charge in [-0.05, 0) is 30.7 Å². The van der Waals surface area contributed by atoms with E-state index < -0.39 is 32.8 Å². The van der Waals surface area contributed by atoms with Gasteiger partial charge in [0.25, 0.3) is 10.0 Å². The van der Waals surface area contributed by atoms with Crippen LogP contribution in [-0.2, 0) is 27.4 Å². The number of sulfonamides is 1. The minimum Gasteiger partial charge on any atom is -0.465 e. The molecule has 1 aromatic carbocycles. The number of nitrogens with zero attached hydrogens (tertiary/aromatic N) is 1. The third-order valence-corrected chi connectivity index (χ3v) is 4.58. The Morgan fingerprint density at radius 2 is 1.88 bits per heavy atom. The van der Waals surface area contributed by atoms with Crippen LogP contribution in [0.3, 0.4) is 0 Å². The number of carbonyl (C=O) groups is 1. The minimum atomic E-state index is -4.53. The van der Waals surface area contributed by atoms with Gasteiger partial charge in [0.15, 0.2) is 0 Å². The Balaban J connectivity index is 2.37. The predicted octanol–water partition coefficient (Wildman–Crippen LogP) is 2.58. The number of methoxy groups -OCH3 is 1. The summed E-state index contributed by atoms with van der Waals surface area (Å²) in [5.74, 6) is -0.890. The molecule has 1 aromatic heterocycles. The Labute approximate surface area is 141 Å². The molecule has 25 heavy (non-hydrogen) atoms. The average Bonchev–Trinajstić information content (AvgIpc) is 2.98. The Bertz CT molecular complexity index is 874. The van der Waals surface area contributed by atoms with Crippen LogP contribution in [0.2, 0.25) is 0 Å². The summed E-state index contributed by atoms with van der Waals surface area (Å²) < 4.78 is 69.1. The standard InChI is InChI=1S/C14H14F3N3O4S/c1-3-10-11(13(21)24-2)12(19-18-10)25(22,23)20-9-6-4-8(5-7-9)14(15,16)17/h4-7,20H,3H2,1-2H3,(H,18,19). The van der Waals surface area contributed by atoms with E-state index in [1.54, 1.807) is 6.92 Å². The molecule has 0 amide bonds. The topological polar surface area (TPSA) is 101 Å². The molecule has 7 nitrogen and oxygen atoms in total. The first-order valence-electron chi connectivity index (χ1n) is 6.95. The highest BCUT2D eigenvalue weighted by molar-refractivity contribution is 7.92. The molecule has 0 spiro atoms. The lowest BCUT2D eigenvalue weighted by atomic mass is 10.2. The Hall–Kier alpha value is -2.56. The highest BCUT2D eigenvalue weighted by Gasteiger charge is 2.31. The van der Waals surface area contributed by atoms with E-state index in [1.165, 1.54) is 0 Å². The second kappa shape index (κ2) is 6.75. The number of aryl methyl sites for hydroxylation is 1. The summed E-state index contributed by atoms with van der Waals surface area (Å²) >= 11 is 0. The van der Waals surface area contributed by atoms with Gasteiger partial charge in [0.1, 0.15) is 5.56 Å². The molecule has 0 atom stereocenters. The zero-order valence-corrected chi connectivity index (χ0v) is 14.0. The summed E-state index contributed by atoms with van der Waals surface area (Å²) in [6.07, 6.45) is -4.24. The van der Waals surface area contributed by atoms with Crippen LogP contribution in [0.1, 0.15) is 28.5 Å². The first-order chi connectivity index (χ1) is 11.6. The summed E-state index contributed by atoms with van der Waals surface area (Å²) in [5, 5.41) is 5.48. The molecule has 2 aromatic rings. The summed E-state index contributed by atoms with van der Waals surface area (Å²) in [4.78, 5) is 11.8. The van der Waals surface area contributed by atoms with Gasteiger partial charge in [-0.2, -0.15) is 26.7 Å². The average molecular weight is 377 g/mol. The summed E-state index contributed by atoms with van der Waals surface area (Å²) in [6, 6.07) is 3.40. The van der Waals surface area contributed by atoms with Crippen molar-refractivity contribution in [3.05, 3.63) is 41.1 Å².